The molecule has 1 heterocycles. The Morgan fingerprint density at radius 3 is 2.88 bits per heavy atom. The number of rotatable bonds is 3. The van der Waals surface area contributed by atoms with Crippen molar-refractivity contribution in [2.75, 3.05) is 0 Å². The maximum absolute atomic E-state index is 11.6. The first kappa shape index (κ1) is 11.4. The monoisotopic (exact) mass is 230 g/mol. The summed E-state index contributed by atoms with van der Waals surface area (Å²) in [4.78, 5) is 18.1. The Labute approximate surface area is 99.3 Å². The van der Waals surface area contributed by atoms with Crippen LogP contribution in [-0.4, -0.2) is 16.1 Å². The first-order valence-electron chi connectivity index (χ1n) is 5.46. The predicted molar refractivity (Wildman–Crippen MR) is 66.1 cm³/mol. The second-order valence-electron chi connectivity index (χ2n) is 3.99. The molecule has 0 unspecified atom stereocenters. The Morgan fingerprint density at radius 1 is 1.35 bits per heavy atom. The average molecular weight is 230 g/mol. The fourth-order valence-electron chi connectivity index (χ4n) is 1.56. The van der Waals surface area contributed by atoms with Crippen LogP contribution in [0.5, 0.6) is 5.75 Å². The van der Waals surface area contributed by atoms with Crippen LogP contribution >= 0.6 is 0 Å². The number of hydrogen-bond acceptors (Lipinski definition) is 3. The maximum Gasteiger partial charge on any atom is 0.258 e. The zero-order chi connectivity index (χ0) is 12.3. The molecule has 4 nitrogen and oxygen atoms in total. The maximum atomic E-state index is 11.6. The molecule has 88 valence electrons. The molecular weight excluding hydrogens is 216 g/mol. The van der Waals surface area contributed by atoms with Gasteiger partial charge in [-0.3, -0.25) is 4.79 Å². The van der Waals surface area contributed by atoms with E-state index in [4.69, 9.17) is 4.74 Å². The van der Waals surface area contributed by atoms with Crippen LogP contribution in [0, 0.1) is 0 Å². The van der Waals surface area contributed by atoms with Gasteiger partial charge in [0.2, 0.25) is 0 Å². The van der Waals surface area contributed by atoms with E-state index >= 15 is 0 Å². The smallest absolute Gasteiger partial charge is 0.258 e. The van der Waals surface area contributed by atoms with E-state index in [0.717, 1.165) is 11.3 Å². The topological polar surface area (TPSA) is 55.0 Å². The molecule has 0 aliphatic carbocycles. The molecule has 17 heavy (non-hydrogen) atoms. The fraction of sp³-hybridized carbons (Fsp3) is 0.231. The third-order valence-corrected chi connectivity index (χ3v) is 2.24. The SMILES string of the molecule is CC(C)Oc1cccc(-c2cnc[nH]c2=O)c1. The van der Waals surface area contributed by atoms with Gasteiger partial charge in [0.1, 0.15) is 5.75 Å². The van der Waals surface area contributed by atoms with Gasteiger partial charge in [0.05, 0.1) is 18.0 Å². The third-order valence-electron chi connectivity index (χ3n) is 2.24. The molecule has 0 spiro atoms. The van der Waals surface area contributed by atoms with Crippen LogP contribution in [0.2, 0.25) is 0 Å². The fourth-order valence-corrected chi connectivity index (χ4v) is 1.56. The second kappa shape index (κ2) is 4.82. The third kappa shape index (κ3) is 2.72. The van der Waals surface area contributed by atoms with E-state index in [1.54, 1.807) is 6.20 Å². The molecular formula is C13H14N2O2. The normalized spacial score (nSPS) is 10.5. The molecule has 4 heteroatoms. The zero-order valence-corrected chi connectivity index (χ0v) is 9.81. The molecule has 0 saturated carbocycles. The van der Waals surface area contributed by atoms with Gasteiger partial charge in [-0.15, -0.1) is 0 Å². The number of hydrogen-bond donors (Lipinski definition) is 1. The van der Waals surface area contributed by atoms with Crippen molar-refractivity contribution in [2.45, 2.75) is 20.0 Å². The first-order chi connectivity index (χ1) is 8.16. The lowest BCUT2D eigenvalue weighted by atomic mass is 10.1. The van der Waals surface area contributed by atoms with Crippen LogP contribution in [0.15, 0.2) is 41.6 Å². The highest BCUT2D eigenvalue weighted by atomic mass is 16.5. The van der Waals surface area contributed by atoms with Crippen LogP contribution in [0.4, 0.5) is 0 Å². The standard InChI is InChI=1S/C13H14N2O2/c1-9(2)17-11-5-3-4-10(6-11)12-7-14-8-15-13(12)16/h3-9H,1-2H3,(H,14,15,16). The Balaban J connectivity index is 2.40. The molecule has 0 radical (unpaired) electrons. The Morgan fingerprint density at radius 2 is 2.18 bits per heavy atom. The summed E-state index contributed by atoms with van der Waals surface area (Å²) in [7, 11) is 0. The van der Waals surface area contributed by atoms with Crippen molar-refractivity contribution in [2.24, 2.45) is 0 Å². The van der Waals surface area contributed by atoms with Crippen molar-refractivity contribution in [3.63, 3.8) is 0 Å². The van der Waals surface area contributed by atoms with Gasteiger partial charge < -0.3 is 9.72 Å². The number of nitrogens with zero attached hydrogens (tertiary/aromatic N) is 1. The van der Waals surface area contributed by atoms with Crippen molar-refractivity contribution >= 4 is 0 Å². The summed E-state index contributed by atoms with van der Waals surface area (Å²) < 4.78 is 5.58. The highest BCUT2D eigenvalue weighted by Gasteiger charge is 2.05. The predicted octanol–water partition coefficient (Wildman–Crippen LogP) is 2.22. The number of aromatic nitrogens is 2. The summed E-state index contributed by atoms with van der Waals surface area (Å²) in [6.07, 6.45) is 3.03. The van der Waals surface area contributed by atoms with E-state index in [0.29, 0.717) is 5.56 Å². The minimum absolute atomic E-state index is 0.109. The van der Waals surface area contributed by atoms with E-state index in [2.05, 4.69) is 9.97 Å². The summed E-state index contributed by atoms with van der Waals surface area (Å²) in [5, 5.41) is 0. The number of H-pyrrole nitrogens is 1. The highest BCUT2D eigenvalue weighted by molar-refractivity contribution is 5.63. The van der Waals surface area contributed by atoms with Gasteiger partial charge in [-0.05, 0) is 31.5 Å². The molecule has 0 amide bonds. The molecule has 0 fully saturated rings. The lowest BCUT2D eigenvalue weighted by Crippen LogP contribution is -2.09. The van der Waals surface area contributed by atoms with E-state index in [9.17, 15) is 4.79 Å². The minimum atomic E-state index is -0.151. The van der Waals surface area contributed by atoms with Crippen LogP contribution < -0.4 is 10.3 Å². The molecule has 0 aliphatic heterocycles. The Kier molecular flexibility index (Phi) is 3.23. The van der Waals surface area contributed by atoms with Crippen LogP contribution in [0.1, 0.15) is 13.8 Å². The molecule has 0 saturated heterocycles. The van der Waals surface area contributed by atoms with Crippen LogP contribution in [-0.2, 0) is 0 Å². The van der Waals surface area contributed by atoms with Crippen LogP contribution in [0.25, 0.3) is 11.1 Å². The van der Waals surface area contributed by atoms with Gasteiger partial charge in [0.25, 0.3) is 5.56 Å². The number of aromatic amines is 1. The van der Waals surface area contributed by atoms with Gasteiger partial charge in [-0.2, -0.15) is 0 Å². The molecule has 1 N–H and O–H groups in total. The Hall–Kier alpha value is -2.10. The zero-order valence-electron chi connectivity index (χ0n) is 9.81. The van der Waals surface area contributed by atoms with Crippen LogP contribution in [0.3, 0.4) is 0 Å². The quantitative estimate of drug-likeness (QED) is 0.879. The highest BCUT2D eigenvalue weighted by Crippen LogP contribution is 2.21. The van der Waals surface area contributed by atoms with E-state index < -0.39 is 0 Å². The van der Waals surface area contributed by atoms with E-state index in [1.165, 1.54) is 6.33 Å². The molecule has 0 aliphatic rings. The van der Waals surface area contributed by atoms with Gasteiger partial charge in [-0.1, -0.05) is 12.1 Å². The van der Waals surface area contributed by atoms with Crippen molar-refractivity contribution in [3.8, 4) is 16.9 Å². The molecule has 2 aromatic rings. The van der Waals surface area contributed by atoms with Crippen molar-refractivity contribution < 1.29 is 4.74 Å². The lowest BCUT2D eigenvalue weighted by Gasteiger charge is -2.10. The van der Waals surface area contributed by atoms with Gasteiger partial charge in [-0.25, -0.2) is 4.98 Å². The largest absolute Gasteiger partial charge is 0.491 e. The molecule has 1 aromatic heterocycles. The Bertz CT molecular complexity index is 561. The summed E-state index contributed by atoms with van der Waals surface area (Å²) in [6, 6.07) is 7.43. The number of nitrogens with one attached hydrogen (secondary N) is 1. The van der Waals surface area contributed by atoms with E-state index in [-0.39, 0.29) is 11.7 Å². The van der Waals surface area contributed by atoms with Crippen molar-refractivity contribution in [3.05, 3.63) is 47.1 Å². The number of ether oxygens (including phenoxy) is 1. The lowest BCUT2D eigenvalue weighted by molar-refractivity contribution is 0.242. The van der Waals surface area contributed by atoms with E-state index in [1.807, 2.05) is 38.1 Å². The van der Waals surface area contributed by atoms with Gasteiger partial charge in [0.15, 0.2) is 0 Å². The average Bonchev–Trinajstić information content (AvgIpc) is 2.29. The molecule has 2 rings (SSSR count). The first-order valence-corrected chi connectivity index (χ1v) is 5.46. The summed E-state index contributed by atoms with van der Waals surface area (Å²) in [6.45, 7) is 3.92. The van der Waals surface area contributed by atoms with Gasteiger partial charge >= 0.3 is 0 Å². The van der Waals surface area contributed by atoms with Crippen molar-refractivity contribution in [1.82, 2.24) is 9.97 Å². The second-order valence-corrected chi connectivity index (χ2v) is 3.99. The van der Waals surface area contributed by atoms with Gasteiger partial charge in [0, 0.05) is 6.20 Å². The minimum Gasteiger partial charge on any atom is -0.491 e. The summed E-state index contributed by atoms with van der Waals surface area (Å²) in [5.74, 6) is 0.751. The molecule has 0 atom stereocenters. The molecule has 0 bridgehead atoms. The summed E-state index contributed by atoms with van der Waals surface area (Å²) in [5.41, 5.74) is 1.20. The van der Waals surface area contributed by atoms with Crippen molar-refractivity contribution in [1.29, 1.82) is 0 Å². The number of benzene rings is 1. The molecule has 1 aromatic carbocycles. The summed E-state index contributed by atoms with van der Waals surface area (Å²) >= 11 is 0.